The van der Waals surface area contributed by atoms with Gasteiger partial charge in [-0.25, -0.2) is 0 Å². The smallest absolute Gasteiger partial charge is 0.0440 e. The molecule has 0 spiro atoms. The van der Waals surface area contributed by atoms with Gasteiger partial charge in [-0.05, 0) is 18.3 Å². The van der Waals surface area contributed by atoms with E-state index < -0.39 is 0 Å². The average molecular weight is 212 g/mol. The molecule has 0 N–H and O–H groups in total. The summed E-state index contributed by atoms with van der Waals surface area (Å²) >= 11 is 0. The van der Waals surface area contributed by atoms with E-state index >= 15 is 0 Å². The molecule has 0 aromatic carbocycles. The fraction of sp³-hybridized carbons (Fsp3) is 1.00. The molecule has 0 heterocycles. The van der Waals surface area contributed by atoms with Gasteiger partial charge in [-0.1, -0.05) is 79.1 Å². The third kappa shape index (κ3) is 10.3. The van der Waals surface area contributed by atoms with Crippen LogP contribution in [0.2, 0.25) is 0 Å². The molecule has 0 fully saturated rings. The standard InChI is InChI=1S/C15H32/c1-5-7-8-9-10-11-12-15(4)13-14(3)6-2/h14-15H,5-13H2,1-4H3. The van der Waals surface area contributed by atoms with Crippen LogP contribution in [-0.4, -0.2) is 0 Å². The molecule has 0 aliphatic rings. The van der Waals surface area contributed by atoms with E-state index in [-0.39, 0.29) is 0 Å². The van der Waals surface area contributed by atoms with Gasteiger partial charge in [-0.15, -0.1) is 0 Å². The van der Waals surface area contributed by atoms with Crippen LogP contribution in [-0.2, 0) is 0 Å². The number of hydrogen-bond donors (Lipinski definition) is 0. The first-order valence-corrected chi connectivity index (χ1v) is 7.20. The Hall–Kier alpha value is 0. The highest BCUT2D eigenvalue weighted by molar-refractivity contribution is 4.58. The van der Waals surface area contributed by atoms with E-state index in [1.807, 2.05) is 0 Å². The van der Waals surface area contributed by atoms with Crippen LogP contribution >= 0.6 is 0 Å². The van der Waals surface area contributed by atoms with Crippen molar-refractivity contribution < 1.29 is 0 Å². The topological polar surface area (TPSA) is 0 Å². The van der Waals surface area contributed by atoms with Crippen LogP contribution in [0.1, 0.15) is 85.5 Å². The van der Waals surface area contributed by atoms with E-state index in [1.165, 1.54) is 57.8 Å². The zero-order chi connectivity index (χ0) is 11.5. The summed E-state index contributed by atoms with van der Waals surface area (Å²) < 4.78 is 0. The lowest BCUT2D eigenvalue weighted by Crippen LogP contribution is -2.02. The SMILES string of the molecule is CCCCCCCCC(C)CC(C)CC. The number of unbranched alkanes of at least 4 members (excludes halogenated alkanes) is 5. The Morgan fingerprint density at radius 3 is 1.93 bits per heavy atom. The van der Waals surface area contributed by atoms with Crippen molar-refractivity contribution in [2.24, 2.45) is 11.8 Å². The molecular weight excluding hydrogens is 180 g/mol. The molecule has 2 unspecified atom stereocenters. The molecule has 0 aromatic heterocycles. The second kappa shape index (κ2) is 10.5. The van der Waals surface area contributed by atoms with Gasteiger partial charge in [-0.2, -0.15) is 0 Å². The van der Waals surface area contributed by atoms with E-state index in [9.17, 15) is 0 Å². The van der Waals surface area contributed by atoms with Gasteiger partial charge in [0.05, 0.1) is 0 Å². The van der Waals surface area contributed by atoms with Crippen LogP contribution < -0.4 is 0 Å². The minimum absolute atomic E-state index is 0.931. The minimum Gasteiger partial charge on any atom is -0.0654 e. The summed E-state index contributed by atoms with van der Waals surface area (Å²) in [4.78, 5) is 0. The molecule has 92 valence electrons. The summed E-state index contributed by atoms with van der Waals surface area (Å²) in [6.45, 7) is 9.41. The van der Waals surface area contributed by atoms with Crippen molar-refractivity contribution in [1.82, 2.24) is 0 Å². The monoisotopic (exact) mass is 212 g/mol. The van der Waals surface area contributed by atoms with Gasteiger partial charge in [0, 0.05) is 0 Å². The molecule has 0 heteroatoms. The Morgan fingerprint density at radius 2 is 1.33 bits per heavy atom. The maximum Gasteiger partial charge on any atom is -0.0440 e. The van der Waals surface area contributed by atoms with E-state index in [0.29, 0.717) is 0 Å². The highest BCUT2D eigenvalue weighted by Gasteiger charge is 2.06. The summed E-state index contributed by atoms with van der Waals surface area (Å²) in [7, 11) is 0. The zero-order valence-electron chi connectivity index (χ0n) is 11.5. The molecule has 2 atom stereocenters. The van der Waals surface area contributed by atoms with Gasteiger partial charge in [0.1, 0.15) is 0 Å². The molecule has 0 nitrogen and oxygen atoms in total. The first-order valence-electron chi connectivity index (χ1n) is 7.20. The van der Waals surface area contributed by atoms with E-state index in [4.69, 9.17) is 0 Å². The van der Waals surface area contributed by atoms with E-state index in [0.717, 1.165) is 11.8 Å². The van der Waals surface area contributed by atoms with Crippen LogP contribution in [0, 0.1) is 11.8 Å². The number of rotatable bonds is 10. The summed E-state index contributed by atoms with van der Waals surface area (Å²) in [6.07, 6.45) is 12.9. The molecule has 0 radical (unpaired) electrons. The van der Waals surface area contributed by atoms with Gasteiger partial charge in [0.2, 0.25) is 0 Å². The normalized spacial score (nSPS) is 15.2. The fourth-order valence-electron chi connectivity index (χ4n) is 2.24. The highest BCUT2D eigenvalue weighted by Crippen LogP contribution is 2.20. The van der Waals surface area contributed by atoms with Gasteiger partial charge in [0.15, 0.2) is 0 Å². The molecule has 15 heavy (non-hydrogen) atoms. The van der Waals surface area contributed by atoms with Crippen molar-refractivity contribution in [3.05, 3.63) is 0 Å². The quantitative estimate of drug-likeness (QED) is 0.401. The van der Waals surface area contributed by atoms with Gasteiger partial charge in [-0.3, -0.25) is 0 Å². The van der Waals surface area contributed by atoms with Gasteiger partial charge < -0.3 is 0 Å². The van der Waals surface area contributed by atoms with E-state index in [2.05, 4.69) is 27.7 Å². The molecule has 0 aliphatic carbocycles. The summed E-state index contributed by atoms with van der Waals surface area (Å²) in [5.41, 5.74) is 0. The largest absolute Gasteiger partial charge is 0.0654 e. The van der Waals surface area contributed by atoms with Crippen LogP contribution in [0.15, 0.2) is 0 Å². The lowest BCUT2D eigenvalue weighted by Gasteiger charge is -2.15. The van der Waals surface area contributed by atoms with Gasteiger partial charge in [0.25, 0.3) is 0 Å². The zero-order valence-corrected chi connectivity index (χ0v) is 11.5. The Balaban J connectivity index is 3.20. The maximum atomic E-state index is 2.43. The van der Waals surface area contributed by atoms with E-state index in [1.54, 1.807) is 0 Å². The molecule has 0 amide bonds. The fourth-order valence-corrected chi connectivity index (χ4v) is 2.24. The van der Waals surface area contributed by atoms with Crippen molar-refractivity contribution in [2.75, 3.05) is 0 Å². The average Bonchev–Trinajstić information content (AvgIpc) is 2.23. The van der Waals surface area contributed by atoms with Crippen molar-refractivity contribution in [1.29, 1.82) is 0 Å². The molecule has 0 aromatic rings. The van der Waals surface area contributed by atoms with Crippen LogP contribution in [0.4, 0.5) is 0 Å². The predicted octanol–water partition coefficient (Wildman–Crippen LogP) is 5.81. The predicted molar refractivity (Wildman–Crippen MR) is 71.2 cm³/mol. The van der Waals surface area contributed by atoms with Gasteiger partial charge >= 0.3 is 0 Å². The second-order valence-electron chi connectivity index (χ2n) is 5.41. The van der Waals surface area contributed by atoms with Crippen molar-refractivity contribution >= 4 is 0 Å². The summed E-state index contributed by atoms with van der Waals surface area (Å²) in [5.74, 6) is 1.88. The maximum absolute atomic E-state index is 2.43. The highest BCUT2D eigenvalue weighted by atomic mass is 14.1. The molecular formula is C15H32. The molecule has 0 aliphatic heterocycles. The minimum atomic E-state index is 0.931. The van der Waals surface area contributed by atoms with Crippen molar-refractivity contribution in [3.63, 3.8) is 0 Å². The first-order chi connectivity index (χ1) is 7.20. The number of hydrogen-bond acceptors (Lipinski definition) is 0. The molecule has 0 saturated heterocycles. The van der Waals surface area contributed by atoms with Crippen molar-refractivity contribution in [2.45, 2.75) is 85.5 Å². The lowest BCUT2D eigenvalue weighted by molar-refractivity contribution is 0.374. The summed E-state index contributed by atoms with van der Waals surface area (Å²) in [6, 6.07) is 0. The third-order valence-electron chi connectivity index (χ3n) is 3.55. The Morgan fingerprint density at radius 1 is 0.733 bits per heavy atom. The molecule has 0 rings (SSSR count). The third-order valence-corrected chi connectivity index (χ3v) is 3.55. The Bertz CT molecular complexity index is 117. The Kier molecular flexibility index (Phi) is 10.5. The second-order valence-corrected chi connectivity index (χ2v) is 5.41. The Labute approximate surface area is 97.8 Å². The lowest BCUT2D eigenvalue weighted by atomic mass is 9.91. The molecule has 0 bridgehead atoms. The van der Waals surface area contributed by atoms with Crippen molar-refractivity contribution in [3.8, 4) is 0 Å². The van der Waals surface area contributed by atoms with Crippen LogP contribution in [0.25, 0.3) is 0 Å². The van der Waals surface area contributed by atoms with Crippen LogP contribution in [0.5, 0.6) is 0 Å². The molecule has 0 saturated carbocycles. The van der Waals surface area contributed by atoms with Crippen LogP contribution in [0.3, 0.4) is 0 Å². The first kappa shape index (κ1) is 15.0. The summed E-state index contributed by atoms with van der Waals surface area (Å²) in [5, 5.41) is 0.